The van der Waals surface area contributed by atoms with Crippen molar-refractivity contribution in [2.45, 2.75) is 57.8 Å². The van der Waals surface area contributed by atoms with Crippen LogP contribution in [0.5, 0.6) is 11.5 Å². The topological polar surface area (TPSA) is 38.5 Å². The van der Waals surface area contributed by atoms with Crippen LogP contribution in [0.15, 0.2) is 297 Å². The quantitative estimate of drug-likeness (QED) is 0.137. The van der Waals surface area contributed by atoms with Gasteiger partial charge in [0.05, 0.1) is 50.2 Å². The molecule has 4 heterocycles. The largest absolute Gasteiger partial charge is 0.457 e. The van der Waals surface area contributed by atoms with E-state index in [1.54, 1.807) is 0 Å². The third-order valence-electron chi connectivity index (χ3n) is 19.6. The van der Waals surface area contributed by atoms with Crippen molar-refractivity contribution in [3.05, 3.63) is 331 Å². The fourth-order valence-electron chi connectivity index (χ4n) is 15.2. The van der Waals surface area contributed by atoms with Crippen molar-refractivity contribution in [2.24, 2.45) is 0 Å². The van der Waals surface area contributed by atoms with Gasteiger partial charge in [-0.3, -0.25) is 4.57 Å². The third-order valence-corrected chi connectivity index (χ3v) is 19.6. The molecule has 0 saturated heterocycles. The van der Waals surface area contributed by atoms with Crippen LogP contribution in [-0.4, -0.2) is 20.8 Å². The number of aromatic nitrogens is 3. The summed E-state index contributed by atoms with van der Waals surface area (Å²) < 4.78 is 12.1. The smallest absolute Gasteiger partial charge is 0.137 e. The fraction of sp³-hybridized carbons (Fsp3) is 0.115. The lowest BCUT2D eigenvalue weighted by molar-refractivity contribution is 0.483. The molecule has 0 N–H and O–H groups in total. The average Bonchev–Trinajstić information content (AvgIpc) is 1.57. The monoisotopic (exact) mass is 1200 g/mol. The number of anilines is 4. The first-order valence-electron chi connectivity index (χ1n) is 32.4. The highest BCUT2D eigenvalue weighted by molar-refractivity contribution is 6.11. The summed E-state index contributed by atoms with van der Waals surface area (Å²) in [5, 5.41) is 4.68. The van der Waals surface area contributed by atoms with Gasteiger partial charge in [0, 0.05) is 62.8 Å². The van der Waals surface area contributed by atoms with Crippen molar-refractivity contribution < 1.29 is 4.74 Å². The van der Waals surface area contributed by atoms with Crippen LogP contribution in [0, 0.1) is 0 Å². The molecule has 0 atom stereocenters. The summed E-state index contributed by atoms with van der Waals surface area (Å²) in [6, 6.07) is 108. The molecule has 93 heavy (non-hydrogen) atoms. The minimum absolute atomic E-state index is 0.0169. The molecule has 0 fully saturated rings. The van der Waals surface area contributed by atoms with E-state index in [1.807, 2.05) is 6.20 Å². The van der Waals surface area contributed by atoms with Crippen LogP contribution in [0.3, 0.4) is 0 Å². The highest BCUT2D eigenvalue weighted by Gasteiger charge is 2.47. The van der Waals surface area contributed by atoms with E-state index in [0.29, 0.717) is 12.4 Å². The van der Waals surface area contributed by atoms with E-state index in [9.17, 15) is 0 Å². The molecule has 0 bridgehead atoms. The average molecular weight is 1200 g/mol. The first-order chi connectivity index (χ1) is 45.4. The number of nitrogens with zero attached hydrogens (tertiary/aromatic N) is 5. The van der Waals surface area contributed by atoms with Crippen molar-refractivity contribution in [3.8, 4) is 56.4 Å². The summed E-state index contributed by atoms with van der Waals surface area (Å²) in [5.74, 6) is 2.31. The van der Waals surface area contributed by atoms with E-state index in [2.05, 4.69) is 352 Å². The second-order valence-electron chi connectivity index (χ2n) is 27.1. The van der Waals surface area contributed by atoms with Gasteiger partial charge in [0.2, 0.25) is 0 Å². The van der Waals surface area contributed by atoms with Gasteiger partial charge in [-0.25, -0.2) is 4.98 Å². The summed E-state index contributed by atoms with van der Waals surface area (Å²) in [7, 11) is 0. The maximum absolute atomic E-state index is 7.36. The summed E-state index contributed by atoms with van der Waals surface area (Å²) in [4.78, 5) is 10.1. The zero-order valence-corrected chi connectivity index (χ0v) is 53.1. The maximum Gasteiger partial charge on any atom is 0.137 e. The molecular weight excluding hydrogens is 1130 g/mol. The van der Waals surface area contributed by atoms with Crippen molar-refractivity contribution in [3.63, 3.8) is 0 Å². The molecule has 0 radical (unpaired) electrons. The van der Waals surface area contributed by atoms with Gasteiger partial charge >= 0.3 is 0 Å². The number of para-hydroxylation sites is 5. The molecule has 17 rings (SSSR count). The number of benzene rings is 12. The van der Waals surface area contributed by atoms with E-state index in [0.717, 1.165) is 95.1 Å². The van der Waals surface area contributed by atoms with Gasteiger partial charge in [0.25, 0.3) is 0 Å². The Balaban J connectivity index is 0.876. The molecule has 0 saturated carbocycles. The number of hydrogen-bond acceptors (Lipinski definition) is 4. The summed E-state index contributed by atoms with van der Waals surface area (Å²) in [6.45, 7) is 14.2. The normalized spacial score (nSPS) is 13.5. The van der Waals surface area contributed by atoms with Crippen LogP contribution < -0.4 is 14.5 Å². The Hall–Kier alpha value is -11.2. The van der Waals surface area contributed by atoms with Crippen LogP contribution in [-0.2, 0) is 16.2 Å². The van der Waals surface area contributed by atoms with E-state index in [4.69, 9.17) is 9.72 Å². The van der Waals surface area contributed by atoms with Crippen molar-refractivity contribution in [2.75, 3.05) is 16.5 Å². The number of ether oxygens (including phenoxy) is 1. The number of fused-ring (bicyclic) bond motifs is 10. The Morgan fingerprint density at radius 2 is 0.849 bits per heavy atom. The minimum atomic E-state index is -0.664. The Bertz CT molecular complexity index is 5270. The lowest BCUT2D eigenvalue weighted by atomic mass is 9.66. The lowest BCUT2D eigenvalue weighted by Gasteiger charge is -2.36. The first-order valence-corrected chi connectivity index (χ1v) is 32.4. The molecule has 6 nitrogen and oxygen atoms in total. The second-order valence-corrected chi connectivity index (χ2v) is 27.1. The molecule has 2 aliphatic rings. The summed E-state index contributed by atoms with van der Waals surface area (Å²) in [5.41, 5.74) is 23.6. The van der Waals surface area contributed by atoms with Crippen molar-refractivity contribution in [1.82, 2.24) is 14.1 Å². The van der Waals surface area contributed by atoms with E-state index >= 15 is 0 Å². The minimum Gasteiger partial charge on any atom is -0.457 e. The van der Waals surface area contributed by atoms with Crippen LogP contribution in [0.25, 0.3) is 88.5 Å². The van der Waals surface area contributed by atoms with E-state index in [-0.39, 0.29) is 10.8 Å². The van der Waals surface area contributed by atoms with Gasteiger partial charge in [-0.1, -0.05) is 242 Å². The molecule has 0 amide bonds. The lowest BCUT2D eigenvalue weighted by Crippen LogP contribution is -2.30. The van der Waals surface area contributed by atoms with Crippen molar-refractivity contribution in [1.29, 1.82) is 0 Å². The highest BCUT2D eigenvalue weighted by Crippen LogP contribution is 2.59. The van der Waals surface area contributed by atoms with Gasteiger partial charge in [-0.2, -0.15) is 0 Å². The molecule has 3 aromatic heterocycles. The summed E-state index contributed by atoms with van der Waals surface area (Å²) in [6.07, 6.45) is 1.94. The van der Waals surface area contributed by atoms with E-state index < -0.39 is 5.41 Å². The Labute approximate surface area is 543 Å². The SMILES string of the molecule is CC(C)(C)c1ccc(C2(c3cc(-c4ccccc4)c(N4CN(c5cc(Oc6ccc7c8ccccc8n(-c8cc(C(C)(C)C)ccn8)c7c6)cc(-n6c7ccccc7c7ccccc76)c5)c5ccccc54)c(-c4ccccc4)c3)c3ccccc3-c3ccccc32)cc1. The standard InChI is InChI=1S/C87H69N5O/c1-85(2,3)59-41-43-60(44-42-59)87(75-34-18-13-29-67(75)68-30-14-19-35-76(68)87)62-49-73(57-25-9-7-10-26-57)84(74(50-62)58-27-11-8-12-28-58)90-56-89(80-39-23-24-40-81(80)90)63-52-64(91-77-36-20-15-31-69(77)70-32-16-21-37-78(70)91)54-66(53-63)93-65-45-46-72-71-33-17-22-38-79(71)92(82(72)55-65)83-51-61(47-48-88-83)86(4,5)6/h7-55H,56H2,1-6H3. The Kier molecular flexibility index (Phi) is 12.9. The highest BCUT2D eigenvalue weighted by atomic mass is 16.5. The van der Waals surface area contributed by atoms with Crippen LogP contribution in [0.4, 0.5) is 22.7 Å². The van der Waals surface area contributed by atoms with Gasteiger partial charge < -0.3 is 19.1 Å². The Morgan fingerprint density at radius 1 is 0.355 bits per heavy atom. The van der Waals surface area contributed by atoms with Gasteiger partial charge in [0.15, 0.2) is 0 Å². The fourth-order valence-corrected chi connectivity index (χ4v) is 15.2. The second kappa shape index (κ2) is 21.5. The Morgan fingerprint density at radius 3 is 1.43 bits per heavy atom. The molecule has 15 aromatic rings. The molecule has 12 aromatic carbocycles. The first kappa shape index (κ1) is 55.8. The zero-order chi connectivity index (χ0) is 62.7. The molecule has 448 valence electrons. The zero-order valence-electron chi connectivity index (χ0n) is 53.1. The van der Waals surface area contributed by atoms with Crippen LogP contribution >= 0.6 is 0 Å². The molecule has 0 unspecified atom stereocenters. The molecular formula is C87H69N5O. The van der Waals surface area contributed by atoms with Gasteiger partial charge in [-0.05, 0) is 139 Å². The van der Waals surface area contributed by atoms with E-state index in [1.165, 1.54) is 55.3 Å². The van der Waals surface area contributed by atoms with Crippen LogP contribution in [0.2, 0.25) is 0 Å². The maximum atomic E-state index is 7.36. The molecule has 6 heteroatoms. The predicted molar refractivity (Wildman–Crippen MR) is 387 cm³/mol. The molecule has 0 spiro atoms. The number of rotatable bonds is 10. The number of pyridine rings is 1. The van der Waals surface area contributed by atoms with Crippen LogP contribution in [0.1, 0.15) is 74.9 Å². The predicted octanol–water partition coefficient (Wildman–Crippen LogP) is 22.6. The van der Waals surface area contributed by atoms with Gasteiger partial charge in [0.1, 0.15) is 24.0 Å². The summed E-state index contributed by atoms with van der Waals surface area (Å²) >= 11 is 0. The van der Waals surface area contributed by atoms with Gasteiger partial charge in [-0.15, -0.1) is 0 Å². The number of hydrogen-bond donors (Lipinski definition) is 0. The molecule has 1 aliphatic carbocycles. The third kappa shape index (κ3) is 9.02. The molecule has 1 aliphatic heterocycles. The van der Waals surface area contributed by atoms with Crippen molar-refractivity contribution >= 4 is 66.4 Å².